The van der Waals surface area contributed by atoms with Crippen molar-refractivity contribution in [2.75, 3.05) is 19.7 Å². The van der Waals surface area contributed by atoms with Gasteiger partial charge in [0.05, 0.1) is 13.0 Å². The molecular formula is C13H16ClNO4. The van der Waals surface area contributed by atoms with Gasteiger partial charge in [-0.15, -0.1) is 0 Å². The number of hydrogen-bond acceptors (Lipinski definition) is 3. The van der Waals surface area contributed by atoms with E-state index in [4.69, 9.17) is 21.4 Å². The van der Waals surface area contributed by atoms with Crippen LogP contribution in [0.15, 0.2) is 24.3 Å². The highest BCUT2D eigenvalue weighted by Crippen LogP contribution is 2.17. The Balaban J connectivity index is 2.39. The van der Waals surface area contributed by atoms with Crippen LogP contribution in [0.2, 0.25) is 5.02 Å². The van der Waals surface area contributed by atoms with Gasteiger partial charge in [-0.1, -0.05) is 17.7 Å². The van der Waals surface area contributed by atoms with Crippen molar-refractivity contribution in [3.05, 3.63) is 29.3 Å². The molecular weight excluding hydrogens is 270 g/mol. The number of halogens is 1. The van der Waals surface area contributed by atoms with Crippen LogP contribution in [0.25, 0.3) is 0 Å². The molecule has 0 saturated carbocycles. The van der Waals surface area contributed by atoms with Crippen molar-refractivity contribution >= 4 is 23.5 Å². The van der Waals surface area contributed by atoms with E-state index in [1.165, 1.54) is 4.90 Å². The molecule has 1 rings (SSSR count). The van der Waals surface area contributed by atoms with Gasteiger partial charge < -0.3 is 14.7 Å². The summed E-state index contributed by atoms with van der Waals surface area (Å²) in [6.45, 7) is 2.00. The molecule has 1 N–H and O–H groups in total. The van der Waals surface area contributed by atoms with Crippen molar-refractivity contribution in [3.8, 4) is 5.75 Å². The fraction of sp³-hybridized carbons (Fsp3) is 0.385. The Bertz CT molecular complexity index is 450. The third-order valence-corrected chi connectivity index (χ3v) is 2.68. The predicted octanol–water partition coefficient (Wildman–Crippen LogP) is 2.04. The summed E-state index contributed by atoms with van der Waals surface area (Å²) in [5.74, 6) is -0.681. The zero-order valence-electron chi connectivity index (χ0n) is 10.6. The Hall–Kier alpha value is -1.75. The minimum Gasteiger partial charge on any atom is -0.493 e. The maximum absolute atomic E-state index is 11.7. The first-order valence-electron chi connectivity index (χ1n) is 5.91. The van der Waals surface area contributed by atoms with Gasteiger partial charge in [-0.2, -0.15) is 0 Å². The van der Waals surface area contributed by atoms with E-state index in [-0.39, 0.29) is 25.5 Å². The van der Waals surface area contributed by atoms with Gasteiger partial charge in [-0.25, -0.2) is 0 Å². The third-order valence-electron chi connectivity index (χ3n) is 2.44. The van der Waals surface area contributed by atoms with Crippen LogP contribution in [0.5, 0.6) is 5.75 Å². The molecule has 0 aliphatic rings. The highest BCUT2D eigenvalue weighted by molar-refractivity contribution is 6.30. The summed E-state index contributed by atoms with van der Waals surface area (Å²) < 4.78 is 5.38. The number of aliphatic carboxylic acids is 1. The Morgan fingerprint density at radius 3 is 2.74 bits per heavy atom. The number of carbonyl (C=O) groups excluding carboxylic acids is 1. The van der Waals surface area contributed by atoms with Crippen LogP contribution in [0.4, 0.5) is 0 Å². The third kappa shape index (κ3) is 5.61. The molecule has 1 aromatic rings. The van der Waals surface area contributed by atoms with Crippen LogP contribution < -0.4 is 4.74 Å². The molecule has 5 nitrogen and oxygen atoms in total. The summed E-state index contributed by atoms with van der Waals surface area (Å²) in [4.78, 5) is 23.6. The molecule has 6 heteroatoms. The normalized spacial score (nSPS) is 10.0. The summed E-state index contributed by atoms with van der Waals surface area (Å²) in [5, 5.41) is 9.22. The molecule has 0 unspecified atom stereocenters. The van der Waals surface area contributed by atoms with Crippen LogP contribution in [0.3, 0.4) is 0 Å². The number of carbonyl (C=O) groups is 2. The molecule has 1 amide bonds. The van der Waals surface area contributed by atoms with Crippen LogP contribution >= 0.6 is 11.6 Å². The lowest BCUT2D eigenvalue weighted by atomic mass is 10.3. The number of nitrogens with zero attached hydrogens (tertiary/aromatic N) is 1. The first kappa shape index (κ1) is 15.3. The largest absolute Gasteiger partial charge is 0.493 e. The lowest BCUT2D eigenvalue weighted by Crippen LogP contribution is -2.36. The monoisotopic (exact) mass is 285 g/mol. The number of carboxylic acid groups (broad SMARTS) is 1. The summed E-state index contributed by atoms with van der Waals surface area (Å²) in [7, 11) is 0. The standard InChI is InChI=1S/C13H16ClNO4/c1-2-15(9-13(17)18)12(16)6-7-19-11-5-3-4-10(14)8-11/h3-5,8H,2,6-7,9H2,1H3,(H,17,18). The summed E-state index contributed by atoms with van der Waals surface area (Å²) in [6.07, 6.45) is 0.133. The predicted molar refractivity (Wildman–Crippen MR) is 71.5 cm³/mol. The van der Waals surface area contributed by atoms with Crippen molar-refractivity contribution in [2.24, 2.45) is 0 Å². The minimum absolute atomic E-state index is 0.133. The van der Waals surface area contributed by atoms with Crippen LogP contribution in [-0.2, 0) is 9.59 Å². The molecule has 0 aromatic heterocycles. The van der Waals surface area contributed by atoms with E-state index in [1.54, 1.807) is 31.2 Å². The first-order valence-corrected chi connectivity index (χ1v) is 6.28. The summed E-state index contributed by atoms with van der Waals surface area (Å²) >= 11 is 5.80. The lowest BCUT2D eigenvalue weighted by Gasteiger charge is -2.18. The fourth-order valence-corrected chi connectivity index (χ4v) is 1.69. The minimum atomic E-state index is -1.02. The number of likely N-dealkylation sites (N-methyl/N-ethyl adjacent to an activating group) is 1. The van der Waals surface area contributed by atoms with E-state index in [0.717, 1.165) is 0 Å². The molecule has 19 heavy (non-hydrogen) atoms. The number of hydrogen-bond donors (Lipinski definition) is 1. The van der Waals surface area contributed by atoms with E-state index in [1.807, 2.05) is 0 Å². The highest BCUT2D eigenvalue weighted by atomic mass is 35.5. The van der Waals surface area contributed by atoms with E-state index in [2.05, 4.69) is 0 Å². The fourth-order valence-electron chi connectivity index (χ4n) is 1.51. The van der Waals surface area contributed by atoms with Gasteiger partial charge in [0, 0.05) is 11.6 Å². The second-order valence-corrected chi connectivity index (χ2v) is 4.29. The molecule has 104 valence electrons. The van der Waals surface area contributed by atoms with Crippen molar-refractivity contribution < 1.29 is 19.4 Å². The highest BCUT2D eigenvalue weighted by Gasteiger charge is 2.14. The van der Waals surface area contributed by atoms with Crippen LogP contribution in [0, 0.1) is 0 Å². The molecule has 0 bridgehead atoms. The Morgan fingerprint density at radius 1 is 1.42 bits per heavy atom. The zero-order chi connectivity index (χ0) is 14.3. The smallest absolute Gasteiger partial charge is 0.323 e. The SMILES string of the molecule is CCN(CC(=O)O)C(=O)CCOc1cccc(Cl)c1. The molecule has 0 fully saturated rings. The maximum atomic E-state index is 11.7. The molecule has 0 radical (unpaired) electrons. The van der Waals surface area contributed by atoms with Gasteiger partial charge in [0.2, 0.25) is 5.91 Å². The van der Waals surface area contributed by atoms with Crippen LogP contribution in [0.1, 0.15) is 13.3 Å². The van der Waals surface area contributed by atoms with Gasteiger partial charge in [-0.05, 0) is 25.1 Å². The molecule has 0 heterocycles. The quantitative estimate of drug-likeness (QED) is 0.832. The second kappa shape index (κ2) is 7.63. The van der Waals surface area contributed by atoms with E-state index in [0.29, 0.717) is 17.3 Å². The Labute approximate surface area is 116 Å². The Morgan fingerprint density at radius 2 is 2.16 bits per heavy atom. The number of amides is 1. The number of carboxylic acids is 1. The zero-order valence-corrected chi connectivity index (χ0v) is 11.4. The van der Waals surface area contributed by atoms with Crippen molar-refractivity contribution in [2.45, 2.75) is 13.3 Å². The van der Waals surface area contributed by atoms with Gasteiger partial charge in [0.1, 0.15) is 12.3 Å². The van der Waals surface area contributed by atoms with Gasteiger partial charge in [-0.3, -0.25) is 9.59 Å². The van der Waals surface area contributed by atoms with Crippen molar-refractivity contribution in [1.82, 2.24) is 4.90 Å². The van der Waals surface area contributed by atoms with E-state index >= 15 is 0 Å². The number of ether oxygens (including phenoxy) is 1. The Kier molecular flexibility index (Phi) is 6.15. The molecule has 0 aliphatic heterocycles. The lowest BCUT2D eigenvalue weighted by molar-refractivity contribution is -0.144. The summed E-state index contributed by atoms with van der Waals surface area (Å²) in [5.41, 5.74) is 0. The van der Waals surface area contributed by atoms with E-state index < -0.39 is 5.97 Å². The average molecular weight is 286 g/mol. The van der Waals surface area contributed by atoms with Gasteiger partial charge in [0.15, 0.2) is 0 Å². The van der Waals surface area contributed by atoms with Crippen LogP contribution in [-0.4, -0.2) is 41.6 Å². The second-order valence-electron chi connectivity index (χ2n) is 3.86. The molecule has 0 aliphatic carbocycles. The molecule has 0 saturated heterocycles. The van der Waals surface area contributed by atoms with E-state index in [9.17, 15) is 9.59 Å². The molecule has 1 aromatic carbocycles. The van der Waals surface area contributed by atoms with Crippen molar-refractivity contribution in [3.63, 3.8) is 0 Å². The first-order chi connectivity index (χ1) is 9.02. The summed E-state index contributed by atoms with van der Waals surface area (Å²) in [6, 6.07) is 6.87. The number of benzene rings is 1. The molecule has 0 spiro atoms. The van der Waals surface area contributed by atoms with Gasteiger partial charge >= 0.3 is 5.97 Å². The molecule has 0 atom stereocenters. The number of rotatable bonds is 7. The maximum Gasteiger partial charge on any atom is 0.323 e. The van der Waals surface area contributed by atoms with Gasteiger partial charge in [0.25, 0.3) is 0 Å². The van der Waals surface area contributed by atoms with Crippen molar-refractivity contribution in [1.29, 1.82) is 0 Å². The topological polar surface area (TPSA) is 66.8 Å². The average Bonchev–Trinajstić information content (AvgIpc) is 2.35.